The van der Waals surface area contributed by atoms with Crippen LogP contribution in [-0.2, 0) is 6.54 Å². The Bertz CT molecular complexity index is 639. The molecule has 0 spiro atoms. The van der Waals surface area contributed by atoms with Crippen LogP contribution in [0.5, 0.6) is 0 Å². The number of aromatic nitrogens is 3. The van der Waals surface area contributed by atoms with Gasteiger partial charge in [-0.25, -0.2) is 15.0 Å². The van der Waals surface area contributed by atoms with Crippen molar-refractivity contribution in [3.63, 3.8) is 0 Å². The summed E-state index contributed by atoms with van der Waals surface area (Å²) in [6, 6.07) is 2.00. The van der Waals surface area contributed by atoms with Gasteiger partial charge in [-0.3, -0.25) is 4.90 Å². The van der Waals surface area contributed by atoms with Gasteiger partial charge in [-0.15, -0.1) is 0 Å². The molecule has 1 aliphatic heterocycles. The van der Waals surface area contributed by atoms with E-state index in [0.29, 0.717) is 5.92 Å². The van der Waals surface area contributed by atoms with Crippen molar-refractivity contribution in [3.8, 4) is 0 Å². The number of hydrogen-bond acceptors (Lipinski definition) is 6. The Labute approximate surface area is 137 Å². The highest BCUT2D eigenvalue weighted by Gasteiger charge is 2.20. The molecule has 2 aromatic heterocycles. The molecule has 1 aliphatic rings. The van der Waals surface area contributed by atoms with Gasteiger partial charge in [0.2, 0.25) is 5.89 Å². The van der Waals surface area contributed by atoms with Crippen LogP contribution < -0.4 is 4.90 Å². The Hall–Kier alpha value is -1.95. The van der Waals surface area contributed by atoms with E-state index in [-0.39, 0.29) is 0 Å². The highest BCUT2D eigenvalue weighted by Crippen LogP contribution is 2.18. The molecule has 6 nitrogen and oxygen atoms in total. The quantitative estimate of drug-likeness (QED) is 0.864. The van der Waals surface area contributed by atoms with Gasteiger partial charge in [0, 0.05) is 38.3 Å². The number of nitrogens with zero attached hydrogens (tertiary/aromatic N) is 5. The van der Waals surface area contributed by atoms with Crippen LogP contribution in [0.2, 0.25) is 0 Å². The highest BCUT2D eigenvalue weighted by atomic mass is 16.4. The van der Waals surface area contributed by atoms with Crippen molar-refractivity contribution < 1.29 is 4.42 Å². The molecule has 0 saturated carbocycles. The number of rotatable bonds is 4. The summed E-state index contributed by atoms with van der Waals surface area (Å²) in [6.45, 7) is 12.9. The van der Waals surface area contributed by atoms with E-state index in [4.69, 9.17) is 4.42 Å². The van der Waals surface area contributed by atoms with Crippen molar-refractivity contribution in [3.05, 3.63) is 35.4 Å². The Morgan fingerprint density at radius 1 is 1.13 bits per heavy atom. The molecule has 0 radical (unpaired) electrons. The van der Waals surface area contributed by atoms with E-state index in [0.717, 1.165) is 61.7 Å². The third-order valence-electron chi connectivity index (χ3n) is 4.30. The normalized spacial score (nSPS) is 16.3. The number of hydrogen-bond donors (Lipinski definition) is 0. The van der Waals surface area contributed by atoms with Gasteiger partial charge in [0.25, 0.3) is 0 Å². The van der Waals surface area contributed by atoms with Crippen molar-refractivity contribution in [1.82, 2.24) is 19.9 Å². The van der Waals surface area contributed by atoms with Gasteiger partial charge in [-0.05, 0) is 19.9 Å². The molecule has 0 N–H and O–H groups in total. The Morgan fingerprint density at radius 3 is 2.48 bits per heavy atom. The number of oxazole rings is 1. The van der Waals surface area contributed by atoms with Gasteiger partial charge in [0.1, 0.15) is 17.4 Å². The molecule has 6 heteroatoms. The third kappa shape index (κ3) is 3.69. The average molecular weight is 315 g/mol. The first-order valence-corrected chi connectivity index (χ1v) is 8.26. The SMILES string of the molecule is Cc1nc(CN2CCN(c3ccnc(C(C)C)n3)CC2)oc1C. The van der Waals surface area contributed by atoms with Crippen molar-refractivity contribution in [2.45, 2.75) is 40.2 Å². The van der Waals surface area contributed by atoms with Crippen LogP contribution in [0.4, 0.5) is 5.82 Å². The molecule has 0 unspecified atom stereocenters. The molecule has 2 aromatic rings. The summed E-state index contributed by atoms with van der Waals surface area (Å²) in [5, 5.41) is 0. The smallest absolute Gasteiger partial charge is 0.208 e. The van der Waals surface area contributed by atoms with E-state index in [9.17, 15) is 0 Å². The summed E-state index contributed by atoms with van der Waals surface area (Å²) in [5.41, 5.74) is 0.987. The highest BCUT2D eigenvalue weighted by molar-refractivity contribution is 5.38. The van der Waals surface area contributed by atoms with Crippen LogP contribution >= 0.6 is 0 Å². The summed E-state index contributed by atoms with van der Waals surface area (Å²) in [6.07, 6.45) is 1.86. The maximum absolute atomic E-state index is 5.68. The molecule has 0 amide bonds. The second-order valence-corrected chi connectivity index (χ2v) is 6.44. The first-order chi connectivity index (χ1) is 11.0. The largest absolute Gasteiger partial charge is 0.444 e. The first-order valence-electron chi connectivity index (χ1n) is 8.26. The van der Waals surface area contributed by atoms with Crippen LogP contribution in [0.25, 0.3) is 0 Å². The van der Waals surface area contributed by atoms with Crippen LogP contribution in [-0.4, -0.2) is 46.0 Å². The van der Waals surface area contributed by atoms with Gasteiger partial charge in [-0.1, -0.05) is 13.8 Å². The number of anilines is 1. The van der Waals surface area contributed by atoms with Crippen LogP contribution in [0.1, 0.15) is 42.9 Å². The van der Waals surface area contributed by atoms with Gasteiger partial charge >= 0.3 is 0 Å². The molecule has 0 bridgehead atoms. The summed E-state index contributed by atoms with van der Waals surface area (Å²) >= 11 is 0. The average Bonchev–Trinajstić information content (AvgIpc) is 2.86. The predicted molar refractivity (Wildman–Crippen MR) is 89.6 cm³/mol. The van der Waals surface area contributed by atoms with Gasteiger partial charge in [0.15, 0.2) is 0 Å². The second kappa shape index (κ2) is 6.66. The number of aryl methyl sites for hydroxylation is 2. The zero-order chi connectivity index (χ0) is 16.4. The topological polar surface area (TPSA) is 58.3 Å². The van der Waals surface area contributed by atoms with E-state index in [1.54, 1.807) is 0 Å². The molecule has 0 aliphatic carbocycles. The lowest BCUT2D eigenvalue weighted by molar-refractivity contribution is 0.224. The molecular weight excluding hydrogens is 290 g/mol. The Kier molecular flexibility index (Phi) is 4.61. The zero-order valence-corrected chi connectivity index (χ0v) is 14.4. The lowest BCUT2D eigenvalue weighted by atomic mass is 10.2. The predicted octanol–water partition coefficient (Wildman–Crippen LogP) is 2.53. The lowest BCUT2D eigenvalue weighted by Crippen LogP contribution is -2.46. The third-order valence-corrected chi connectivity index (χ3v) is 4.30. The van der Waals surface area contributed by atoms with E-state index in [1.165, 1.54) is 0 Å². The van der Waals surface area contributed by atoms with Gasteiger partial charge < -0.3 is 9.32 Å². The van der Waals surface area contributed by atoms with Crippen LogP contribution in [0.3, 0.4) is 0 Å². The molecule has 0 aromatic carbocycles. The molecule has 1 fully saturated rings. The van der Waals surface area contributed by atoms with E-state index < -0.39 is 0 Å². The molecule has 23 heavy (non-hydrogen) atoms. The lowest BCUT2D eigenvalue weighted by Gasteiger charge is -2.34. The second-order valence-electron chi connectivity index (χ2n) is 6.44. The molecule has 3 rings (SSSR count). The molecule has 3 heterocycles. The fourth-order valence-corrected chi connectivity index (χ4v) is 2.75. The van der Waals surface area contributed by atoms with Crippen molar-refractivity contribution in [2.24, 2.45) is 0 Å². The summed E-state index contributed by atoms with van der Waals surface area (Å²) in [5.74, 6) is 4.04. The Balaban J connectivity index is 1.59. The van der Waals surface area contributed by atoms with E-state index >= 15 is 0 Å². The fourth-order valence-electron chi connectivity index (χ4n) is 2.75. The number of piperazine rings is 1. The van der Waals surface area contributed by atoms with Gasteiger partial charge in [0.05, 0.1) is 12.2 Å². The van der Waals surface area contributed by atoms with Gasteiger partial charge in [-0.2, -0.15) is 0 Å². The summed E-state index contributed by atoms with van der Waals surface area (Å²) in [4.78, 5) is 18.2. The zero-order valence-electron chi connectivity index (χ0n) is 14.4. The van der Waals surface area contributed by atoms with Crippen molar-refractivity contribution in [1.29, 1.82) is 0 Å². The molecule has 1 saturated heterocycles. The van der Waals surface area contributed by atoms with Crippen molar-refractivity contribution >= 4 is 5.82 Å². The molecule has 0 atom stereocenters. The molecular formula is C17H25N5O. The fraction of sp³-hybridized carbons (Fsp3) is 0.588. The van der Waals surface area contributed by atoms with E-state index in [2.05, 4.69) is 38.6 Å². The van der Waals surface area contributed by atoms with E-state index in [1.807, 2.05) is 26.1 Å². The minimum Gasteiger partial charge on any atom is -0.444 e. The van der Waals surface area contributed by atoms with Crippen molar-refractivity contribution in [2.75, 3.05) is 31.1 Å². The maximum atomic E-state index is 5.68. The molecule has 124 valence electrons. The Morgan fingerprint density at radius 2 is 1.87 bits per heavy atom. The summed E-state index contributed by atoms with van der Waals surface area (Å²) in [7, 11) is 0. The standard InChI is InChI=1S/C17H25N5O/c1-12(2)17-18-6-5-15(20-17)22-9-7-21(8-10-22)11-16-19-13(3)14(4)23-16/h5-6,12H,7-11H2,1-4H3. The van der Waals surface area contributed by atoms with Crippen LogP contribution in [0.15, 0.2) is 16.7 Å². The first kappa shape index (κ1) is 15.9. The minimum atomic E-state index is 0.354. The summed E-state index contributed by atoms with van der Waals surface area (Å²) < 4.78 is 5.68. The van der Waals surface area contributed by atoms with Crippen LogP contribution in [0, 0.1) is 13.8 Å². The monoisotopic (exact) mass is 315 g/mol. The minimum absolute atomic E-state index is 0.354. The maximum Gasteiger partial charge on any atom is 0.208 e.